The number of hydrogen-bond acceptors (Lipinski definition) is 8. The van der Waals surface area contributed by atoms with Gasteiger partial charge in [0, 0.05) is 37.4 Å². The van der Waals surface area contributed by atoms with Crippen LogP contribution in [0.1, 0.15) is 43.5 Å². The number of pyridine rings is 2. The smallest absolute Gasteiger partial charge is 0.355 e. The van der Waals surface area contributed by atoms with Crippen LogP contribution in [-0.2, 0) is 4.79 Å². The minimum absolute atomic E-state index is 0.0341. The number of aryl methyl sites for hydroxylation is 1. The number of piperazine rings is 1. The fourth-order valence-electron chi connectivity index (χ4n) is 5.63. The molecule has 1 aliphatic heterocycles. The summed E-state index contributed by atoms with van der Waals surface area (Å²) >= 11 is 0. The predicted molar refractivity (Wildman–Crippen MR) is 162 cm³/mol. The van der Waals surface area contributed by atoms with E-state index in [1.165, 1.54) is 29.9 Å². The maximum Gasteiger partial charge on any atom is 0.355 e. The summed E-state index contributed by atoms with van der Waals surface area (Å²) in [4.78, 5) is 44.0. The van der Waals surface area contributed by atoms with E-state index in [-0.39, 0.29) is 46.1 Å². The molecule has 0 N–H and O–H groups in total. The molecule has 0 spiro atoms. The predicted octanol–water partition coefficient (Wildman–Crippen LogP) is 4.52. The highest BCUT2D eigenvalue weighted by atomic mass is 19.1. The van der Waals surface area contributed by atoms with Crippen molar-refractivity contribution < 1.29 is 13.9 Å². The Morgan fingerprint density at radius 1 is 1.26 bits per heavy atom. The van der Waals surface area contributed by atoms with Crippen LogP contribution in [0, 0.1) is 24.1 Å². The van der Waals surface area contributed by atoms with E-state index >= 15 is 0 Å². The SMILES string of the molecule is C=CC(=O)N1CCN(c2nc(=O)n(-c3c(C)ccnc3C(C)C)c3nc(-c4cccc(F)c4OC)c(C#N)cc23)[C@@H](C)C1. The first kappa shape index (κ1) is 29.4. The molecule has 1 aliphatic rings. The Morgan fingerprint density at radius 2 is 2.02 bits per heavy atom. The van der Waals surface area contributed by atoms with Gasteiger partial charge >= 0.3 is 5.69 Å². The van der Waals surface area contributed by atoms with E-state index in [0.29, 0.717) is 42.2 Å². The Morgan fingerprint density at radius 3 is 2.67 bits per heavy atom. The minimum Gasteiger partial charge on any atom is -0.493 e. The highest BCUT2D eigenvalue weighted by Crippen LogP contribution is 2.37. The molecular weight excluding hydrogens is 549 g/mol. The van der Waals surface area contributed by atoms with Gasteiger partial charge in [-0.15, -0.1) is 0 Å². The van der Waals surface area contributed by atoms with Crippen LogP contribution in [0.5, 0.6) is 5.75 Å². The highest BCUT2D eigenvalue weighted by Gasteiger charge is 2.31. The quantitative estimate of drug-likeness (QED) is 0.305. The maximum atomic E-state index is 14.8. The Kier molecular flexibility index (Phi) is 7.96. The summed E-state index contributed by atoms with van der Waals surface area (Å²) in [5, 5.41) is 10.7. The third-order valence-electron chi connectivity index (χ3n) is 7.71. The minimum atomic E-state index is -0.607. The topological polar surface area (TPSA) is 117 Å². The zero-order chi connectivity index (χ0) is 31.0. The summed E-state index contributed by atoms with van der Waals surface area (Å²) in [7, 11) is 1.35. The molecule has 1 atom stereocenters. The summed E-state index contributed by atoms with van der Waals surface area (Å²) in [6.45, 7) is 12.6. The summed E-state index contributed by atoms with van der Waals surface area (Å²) in [6, 6.07) is 9.83. The first-order chi connectivity index (χ1) is 20.6. The summed E-state index contributed by atoms with van der Waals surface area (Å²) in [5.74, 6) is -0.525. The van der Waals surface area contributed by atoms with Gasteiger partial charge in [0.1, 0.15) is 11.9 Å². The van der Waals surface area contributed by atoms with Gasteiger partial charge in [-0.1, -0.05) is 26.5 Å². The van der Waals surface area contributed by atoms with Gasteiger partial charge < -0.3 is 14.5 Å². The lowest BCUT2D eigenvalue weighted by Crippen LogP contribution is -2.54. The maximum absolute atomic E-state index is 14.8. The zero-order valence-electron chi connectivity index (χ0n) is 24.8. The van der Waals surface area contributed by atoms with Crippen molar-refractivity contribution in [2.45, 2.75) is 39.7 Å². The summed E-state index contributed by atoms with van der Waals surface area (Å²) in [5.41, 5.74) is 2.28. The monoisotopic (exact) mass is 581 g/mol. The molecule has 1 saturated heterocycles. The number of fused-ring (bicyclic) bond motifs is 1. The molecule has 0 bridgehead atoms. The van der Waals surface area contributed by atoms with Gasteiger partial charge in [-0.25, -0.2) is 18.7 Å². The number of nitriles is 1. The molecule has 11 heteroatoms. The zero-order valence-corrected chi connectivity index (χ0v) is 24.8. The van der Waals surface area contributed by atoms with E-state index in [4.69, 9.17) is 9.72 Å². The number of carbonyl (C=O) groups excluding carboxylic acids is 1. The summed E-state index contributed by atoms with van der Waals surface area (Å²) in [6.07, 6.45) is 2.98. The second-order valence-corrected chi connectivity index (χ2v) is 10.8. The molecule has 4 heterocycles. The standard InChI is InChI=1S/C32H32FN7O3/c1-7-25(41)38-13-14-39(20(5)17-38)30-23-15-21(16-34)27(22-9-8-10-24(33)29(22)43-6)36-31(23)40(32(42)37-30)28-19(4)11-12-35-26(28)18(2)3/h7-12,15,18,20H,1,13-14,17H2,2-6H3/t20-/m0/s1. The van der Waals surface area contributed by atoms with Crippen molar-refractivity contribution in [2.75, 3.05) is 31.6 Å². The summed E-state index contributed by atoms with van der Waals surface area (Å²) < 4.78 is 21.6. The first-order valence-electron chi connectivity index (χ1n) is 14.0. The van der Waals surface area contributed by atoms with Crippen LogP contribution in [-0.4, -0.2) is 63.1 Å². The average Bonchev–Trinajstić information content (AvgIpc) is 2.99. The molecule has 1 aromatic carbocycles. The largest absolute Gasteiger partial charge is 0.493 e. The molecule has 43 heavy (non-hydrogen) atoms. The number of ether oxygens (including phenoxy) is 1. The van der Waals surface area contributed by atoms with Crippen LogP contribution >= 0.6 is 0 Å². The fourth-order valence-corrected chi connectivity index (χ4v) is 5.63. The number of para-hydroxylation sites is 1. The van der Waals surface area contributed by atoms with Crippen molar-refractivity contribution in [1.29, 1.82) is 5.26 Å². The third kappa shape index (κ3) is 5.09. The van der Waals surface area contributed by atoms with Crippen LogP contribution in [0.15, 0.2) is 54.0 Å². The first-order valence-corrected chi connectivity index (χ1v) is 14.0. The van der Waals surface area contributed by atoms with E-state index in [0.717, 1.165) is 5.56 Å². The molecular formula is C32H32FN7O3. The van der Waals surface area contributed by atoms with Crippen molar-refractivity contribution in [3.63, 3.8) is 0 Å². The van der Waals surface area contributed by atoms with Gasteiger partial charge in [-0.3, -0.25) is 9.78 Å². The highest BCUT2D eigenvalue weighted by molar-refractivity contribution is 5.93. The molecule has 10 nitrogen and oxygen atoms in total. The number of aromatic nitrogens is 4. The molecule has 1 amide bonds. The van der Waals surface area contributed by atoms with Gasteiger partial charge in [0.2, 0.25) is 5.91 Å². The van der Waals surface area contributed by atoms with E-state index in [1.807, 2.05) is 38.7 Å². The van der Waals surface area contributed by atoms with Gasteiger partial charge in [0.15, 0.2) is 17.2 Å². The number of carbonyl (C=O) groups is 1. The Labute approximate surface area is 248 Å². The van der Waals surface area contributed by atoms with Crippen molar-refractivity contribution in [3.05, 3.63) is 82.3 Å². The lowest BCUT2D eigenvalue weighted by molar-refractivity contribution is -0.126. The second kappa shape index (κ2) is 11.6. The molecule has 5 rings (SSSR count). The fraction of sp³-hybridized carbons (Fsp3) is 0.312. The Balaban J connectivity index is 1.87. The molecule has 0 radical (unpaired) electrons. The molecule has 220 valence electrons. The number of hydrogen-bond donors (Lipinski definition) is 0. The third-order valence-corrected chi connectivity index (χ3v) is 7.71. The van der Waals surface area contributed by atoms with Crippen molar-refractivity contribution >= 4 is 22.8 Å². The lowest BCUT2D eigenvalue weighted by atomic mass is 10.0. The van der Waals surface area contributed by atoms with Gasteiger partial charge in [-0.05, 0) is 55.7 Å². The van der Waals surface area contributed by atoms with Gasteiger partial charge in [0.25, 0.3) is 0 Å². The van der Waals surface area contributed by atoms with E-state index in [2.05, 4.69) is 22.6 Å². The van der Waals surface area contributed by atoms with E-state index < -0.39 is 11.5 Å². The van der Waals surface area contributed by atoms with Gasteiger partial charge in [0.05, 0.1) is 35.1 Å². The second-order valence-electron chi connectivity index (χ2n) is 10.8. The molecule has 0 saturated carbocycles. The normalized spacial score (nSPS) is 15.1. The van der Waals surface area contributed by atoms with E-state index in [1.54, 1.807) is 23.2 Å². The number of halogens is 1. The van der Waals surface area contributed by atoms with Crippen molar-refractivity contribution in [3.8, 4) is 28.8 Å². The van der Waals surface area contributed by atoms with Crippen molar-refractivity contribution in [1.82, 2.24) is 24.4 Å². The van der Waals surface area contributed by atoms with Crippen LogP contribution in [0.25, 0.3) is 28.0 Å². The molecule has 3 aromatic heterocycles. The number of nitrogens with zero attached hydrogens (tertiary/aromatic N) is 7. The lowest BCUT2D eigenvalue weighted by Gasteiger charge is -2.40. The molecule has 1 fully saturated rings. The number of rotatable bonds is 6. The number of amides is 1. The van der Waals surface area contributed by atoms with Crippen molar-refractivity contribution in [2.24, 2.45) is 0 Å². The Bertz CT molecular complexity index is 1860. The van der Waals surface area contributed by atoms with Crippen LogP contribution < -0.4 is 15.3 Å². The van der Waals surface area contributed by atoms with Gasteiger partial charge in [-0.2, -0.15) is 10.2 Å². The molecule has 4 aromatic rings. The number of methoxy groups -OCH3 is 1. The van der Waals surface area contributed by atoms with E-state index in [9.17, 15) is 19.2 Å². The Hall–Kier alpha value is -5.11. The number of anilines is 1. The van der Waals surface area contributed by atoms with Crippen LogP contribution in [0.3, 0.4) is 0 Å². The molecule has 0 aliphatic carbocycles. The van der Waals surface area contributed by atoms with Crippen LogP contribution in [0.2, 0.25) is 0 Å². The van der Waals surface area contributed by atoms with Crippen LogP contribution in [0.4, 0.5) is 10.2 Å². The average molecular weight is 582 g/mol. The molecule has 0 unspecified atom stereocenters. The number of benzene rings is 1.